The Kier molecular flexibility index (Phi) is 9.05. The number of hydrogen-bond acceptors (Lipinski definition) is 5. The van der Waals surface area contributed by atoms with Gasteiger partial charge in [0.15, 0.2) is 5.78 Å². The highest BCUT2D eigenvalue weighted by molar-refractivity contribution is 6.01. The van der Waals surface area contributed by atoms with E-state index < -0.39 is 11.9 Å². The van der Waals surface area contributed by atoms with Crippen LogP contribution in [0.3, 0.4) is 0 Å². The van der Waals surface area contributed by atoms with E-state index in [-0.39, 0.29) is 42.2 Å². The van der Waals surface area contributed by atoms with E-state index in [1.165, 1.54) is 0 Å². The van der Waals surface area contributed by atoms with Gasteiger partial charge in [-0.05, 0) is 73.3 Å². The summed E-state index contributed by atoms with van der Waals surface area (Å²) < 4.78 is 0. The van der Waals surface area contributed by atoms with E-state index in [9.17, 15) is 24.6 Å². The molecule has 0 aromatic heterocycles. The summed E-state index contributed by atoms with van der Waals surface area (Å²) in [4.78, 5) is 30.6. The maximum absolute atomic E-state index is 11.8. The largest absolute Gasteiger partial charge is 0.481 e. The van der Waals surface area contributed by atoms with Crippen molar-refractivity contribution >= 4 is 17.7 Å². The molecule has 7 nitrogen and oxygen atoms in total. The Balaban J connectivity index is 0.000000327. The number of carbonyl (C=O) groups excluding carboxylic acids is 1. The van der Waals surface area contributed by atoms with E-state index in [1.54, 1.807) is 26.0 Å². The van der Waals surface area contributed by atoms with Crippen molar-refractivity contribution < 1.29 is 34.8 Å². The molecule has 7 atom stereocenters. The smallest absolute Gasteiger partial charge is 0.303 e. The molecule has 3 fully saturated rings. The number of fused-ring (bicyclic) bond motifs is 5. The zero-order valence-electron chi connectivity index (χ0n) is 20.3. The molecule has 0 heterocycles. The highest BCUT2D eigenvalue weighted by atomic mass is 16.4. The number of aliphatic hydroxyl groups excluding tert-OH is 2. The third-order valence-corrected chi connectivity index (χ3v) is 8.47. The molecule has 7 heteroatoms. The monoisotopic (exact) mass is 464 g/mol. The maximum Gasteiger partial charge on any atom is 0.303 e. The number of aliphatic hydroxyl groups is 2. The van der Waals surface area contributed by atoms with E-state index in [4.69, 9.17) is 10.2 Å². The summed E-state index contributed by atoms with van der Waals surface area (Å²) in [6.07, 6.45) is 10.7. The predicted molar refractivity (Wildman–Crippen MR) is 124 cm³/mol. The highest BCUT2D eigenvalue weighted by Crippen LogP contribution is 2.65. The number of hydrogen-bond donors (Lipinski definition) is 4. The van der Waals surface area contributed by atoms with Crippen LogP contribution in [0.2, 0.25) is 0 Å². The SMILES string of the molecule is CCC(=O)O.CCC(=O)O.C[C@@H]1CC2=CC(=O)C=C[C@]2(CO)[C@H]2CC[C@]3(C)[C@@H](O)CC[C@H]3[C@H]12. The fourth-order valence-electron chi connectivity index (χ4n) is 6.62. The second-order valence-corrected chi connectivity index (χ2v) is 10.2. The Bertz CT molecular complexity index is 786. The van der Waals surface area contributed by atoms with E-state index in [1.807, 2.05) is 6.08 Å². The molecule has 0 saturated heterocycles. The maximum atomic E-state index is 11.8. The number of rotatable bonds is 3. The van der Waals surface area contributed by atoms with Crippen LogP contribution in [0.4, 0.5) is 0 Å². The molecule has 4 aliphatic carbocycles. The van der Waals surface area contributed by atoms with Crippen molar-refractivity contribution in [3.05, 3.63) is 23.8 Å². The van der Waals surface area contributed by atoms with Gasteiger partial charge < -0.3 is 20.4 Å². The fraction of sp³-hybridized carbons (Fsp3) is 0.731. The first-order valence-corrected chi connectivity index (χ1v) is 12.1. The molecule has 0 aromatic rings. The molecule has 0 amide bonds. The van der Waals surface area contributed by atoms with E-state index in [0.717, 1.165) is 37.7 Å². The summed E-state index contributed by atoms with van der Waals surface area (Å²) in [5.41, 5.74) is 0.852. The van der Waals surface area contributed by atoms with Crippen molar-refractivity contribution in [1.29, 1.82) is 0 Å². The molecule has 3 saturated carbocycles. The molecule has 4 aliphatic rings. The molecule has 4 N–H and O–H groups in total. The topological polar surface area (TPSA) is 132 Å². The van der Waals surface area contributed by atoms with Gasteiger partial charge >= 0.3 is 11.9 Å². The first kappa shape index (κ1) is 27.3. The van der Waals surface area contributed by atoms with Gasteiger partial charge in [0.2, 0.25) is 0 Å². The lowest BCUT2D eigenvalue weighted by Gasteiger charge is -2.59. The van der Waals surface area contributed by atoms with E-state index in [2.05, 4.69) is 13.8 Å². The van der Waals surface area contributed by atoms with Crippen LogP contribution >= 0.6 is 0 Å². The van der Waals surface area contributed by atoms with Crippen molar-refractivity contribution in [1.82, 2.24) is 0 Å². The Labute approximate surface area is 196 Å². The first-order valence-electron chi connectivity index (χ1n) is 12.1. The van der Waals surface area contributed by atoms with Crippen LogP contribution in [-0.4, -0.2) is 50.9 Å². The predicted octanol–water partition coefficient (Wildman–Crippen LogP) is 3.84. The summed E-state index contributed by atoms with van der Waals surface area (Å²) >= 11 is 0. The van der Waals surface area contributed by atoms with Crippen LogP contribution in [0, 0.1) is 34.5 Å². The van der Waals surface area contributed by atoms with E-state index >= 15 is 0 Å². The Hall–Kier alpha value is -1.99. The van der Waals surface area contributed by atoms with Gasteiger partial charge in [-0.2, -0.15) is 0 Å². The molecular formula is C26H40O7. The summed E-state index contributed by atoms with van der Waals surface area (Å²) in [5, 5.41) is 36.3. The zero-order valence-corrected chi connectivity index (χ0v) is 20.3. The van der Waals surface area contributed by atoms with Gasteiger partial charge in [-0.15, -0.1) is 0 Å². The summed E-state index contributed by atoms with van der Waals surface area (Å²) in [7, 11) is 0. The third-order valence-electron chi connectivity index (χ3n) is 8.47. The van der Waals surface area contributed by atoms with Crippen molar-refractivity contribution in [2.75, 3.05) is 6.61 Å². The molecule has 0 aromatic carbocycles. The Morgan fingerprint density at radius 1 is 1.06 bits per heavy atom. The summed E-state index contributed by atoms with van der Waals surface area (Å²) in [6.45, 7) is 7.88. The quantitative estimate of drug-likeness (QED) is 0.499. The molecular weight excluding hydrogens is 424 g/mol. The van der Waals surface area contributed by atoms with Gasteiger partial charge in [0, 0.05) is 18.3 Å². The average molecular weight is 465 g/mol. The fourth-order valence-corrected chi connectivity index (χ4v) is 6.62. The molecule has 0 unspecified atom stereocenters. The minimum atomic E-state index is -0.745. The number of ketones is 1. The van der Waals surface area contributed by atoms with Crippen molar-refractivity contribution in [2.45, 2.75) is 78.7 Å². The van der Waals surface area contributed by atoms with Crippen molar-refractivity contribution in [3.8, 4) is 0 Å². The minimum Gasteiger partial charge on any atom is -0.481 e. The molecule has 33 heavy (non-hydrogen) atoms. The molecule has 0 spiro atoms. The van der Waals surface area contributed by atoms with Gasteiger partial charge in [-0.3, -0.25) is 14.4 Å². The number of allylic oxidation sites excluding steroid dienone is 2. The van der Waals surface area contributed by atoms with E-state index in [0.29, 0.717) is 23.7 Å². The van der Waals surface area contributed by atoms with Crippen LogP contribution in [0.1, 0.15) is 72.6 Å². The van der Waals surface area contributed by atoms with Gasteiger partial charge in [-0.1, -0.05) is 39.3 Å². The van der Waals surface area contributed by atoms with Crippen LogP contribution in [0.5, 0.6) is 0 Å². The minimum absolute atomic E-state index is 0.0431. The number of aliphatic carboxylic acids is 2. The molecule has 0 aliphatic heterocycles. The Morgan fingerprint density at radius 2 is 1.64 bits per heavy atom. The lowest BCUT2D eigenvalue weighted by Crippen LogP contribution is -2.55. The standard InChI is InChI=1S/C20H28O3.2C3H6O2/c1-12-9-13-10-14(22)5-8-20(13,11-21)16-6-7-19(2)15(18(12)16)3-4-17(19)23;2*1-2-3(4)5/h5,8,10,12,15-18,21,23H,3-4,6-7,9,11H2,1-2H3;2*2H2,1H3,(H,4,5)/t12-,15+,16+,17+,18+,19+,20-;;/m1../s1. The molecule has 4 rings (SSSR count). The lowest BCUT2D eigenvalue weighted by atomic mass is 9.46. The number of carbonyl (C=O) groups is 3. The number of carboxylic acid groups (broad SMARTS) is 2. The first-order chi connectivity index (χ1) is 15.5. The third kappa shape index (κ3) is 5.40. The lowest BCUT2D eigenvalue weighted by molar-refractivity contribution is -0.137. The molecule has 0 radical (unpaired) electrons. The van der Waals surface area contributed by atoms with Gasteiger partial charge in [0.25, 0.3) is 0 Å². The van der Waals surface area contributed by atoms with Crippen LogP contribution in [0.25, 0.3) is 0 Å². The van der Waals surface area contributed by atoms with Crippen molar-refractivity contribution in [3.63, 3.8) is 0 Å². The van der Waals surface area contributed by atoms with Gasteiger partial charge in [0.1, 0.15) is 0 Å². The van der Waals surface area contributed by atoms with Gasteiger partial charge in [0.05, 0.1) is 12.7 Å². The van der Waals surface area contributed by atoms with Crippen LogP contribution in [-0.2, 0) is 14.4 Å². The highest BCUT2D eigenvalue weighted by Gasteiger charge is 2.61. The zero-order chi connectivity index (χ0) is 25.0. The molecule has 186 valence electrons. The molecule has 0 bridgehead atoms. The summed E-state index contributed by atoms with van der Waals surface area (Å²) in [5.74, 6) is 0.562. The average Bonchev–Trinajstić information content (AvgIpc) is 3.09. The van der Waals surface area contributed by atoms with Crippen LogP contribution in [0.15, 0.2) is 23.8 Å². The Morgan fingerprint density at radius 3 is 2.15 bits per heavy atom. The van der Waals surface area contributed by atoms with Crippen LogP contribution < -0.4 is 0 Å². The second kappa shape index (κ2) is 11.0. The second-order valence-electron chi connectivity index (χ2n) is 10.2. The normalized spacial score (nSPS) is 38.3. The number of carboxylic acids is 2. The van der Waals surface area contributed by atoms with Crippen molar-refractivity contribution in [2.24, 2.45) is 34.5 Å². The summed E-state index contributed by atoms with van der Waals surface area (Å²) in [6, 6.07) is 0. The van der Waals surface area contributed by atoms with Gasteiger partial charge in [-0.25, -0.2) is 0 Å².